The molecule has 4 nitrogen and oxygen atoms in total. The fourth-order valence-electron chi connectivity index (χ4n) is 3.67. The van der Waals surface area contributed by atoms with Crippen LogP contribution in [0.5, 0.6) is 5.75 Å². The number of likely N-dealkylation sites (tertiary alicyclic amines) is 1. The lowest BCUT2D eigenvalue weighted by atomic mass is 9.89. The van der Waals surface area contributed by atoms with Gasteiger partial charge in [0.1, 0.15) is 5.75 Å². The first-order valence-electron chi connectivity index (χ1n) is 9.39. The molecule has 2 aromatic carbocycles. The van der Waals surface area contributed by atoms with Crippen LogP contribution < -0.4 is 10.5 Å². The number of nitrogens with zero attached hydrogens (tertiary/aromatic N) is 1. The molecule has 2 N–H and O–H groups in total. The van der Waals surface area contributed by atoms with Crippen LogP contribution in [-0.4, -0.2) is 37.0 Å². The van der Waals surface area contributed by atoms with Gasteiger partial charge in [-0.05, 0) is 49.1 Å². The molecule has 1 fully saturated rings. The Labute approximate surface area is 156 Å². The van der Waals surface area contributed by atoms with Gasteiger partial charge in [-0.3, -0.25) is 4.79 Å². The summed E-state index contributed by atoms with van der Waals surface area (Å²) in [6, 6.07) is 18.4. The summed E-state index contributed by atoms with van der Waals surface area (Å²) in [4.78, 5) is 14.6. The van der Waals surface area contributed by atoms with Crippen molar-refractivity contribution in [1.29, 1.82) is 0 Å². The molecule has 0 bridgehead atoms. The van der Waals surface area contributed by atoms with Gasteiger partial charge < -0.3 is 15.4 Å². The molecule has 0 aliphatic carbocycles. The molecule has 0 saturated carbocycles. The van der Waals surface area contributed by atoms with E-state index in [1.165, 1.54) is 11.1 Å². The standard InChI is InChI=1S/C22H28N2O2/c1-17-7-5-10-20(13-17)26-12-6-11-22(25)24-15-19(14-23)21(16-24)18-8-3-2-4-9-18/h2-5,7-10,13,19,21H,6,11-12,14-16,23H2,1H3/t19-,21+/m1/s1. The number of carbonyl (C=O) groups excluding carboxylic acids is 1. The average molecular weight is 352 g/mol. The molecule has 1 heterocycles. The lowest BCUT2D eigenvalue weighted by Gasteiger charge is -2.17. The van der Waals surface area contributed by atoms with Gasteiger partial charge in [0.15, 0.2) is 0 Å². The molecule has 3 rings (SSSR count). The van der Waals surface area contributed by atoms with E-state index in [2.05, 4.69) is 24.3 Å². The third-order valence-electron chi connectivity index (χ3n) is 5.12. The Kier molecular flexibility index (Phi) is 6.29. The Balaban J connectivity index is 1.47. The zero-order valence-electron chi connectivity index (χ0n) is 15.4. The van der Waals surface area contributed by atoms with Gasteiger partial charge in [-0.25, -0.2) is 0 Å². The Morgan fingerprint density at radius 2 is 1.96 bits per heavy atom. The second-order valence-corrected chi connectivity index (χ2v) is 7.08. The summed E-state index contributed by atoms with van der Waals surface area (Å²) in [5, 5.41) is 0. The van der Waals surface area contributed by atoms with Crippen molar-refractivity contribution >= 4 is 5.91 Å². The SMILES string of the molecule is Cc1cccc(OCCCC(=O)N2C[C@@H](CN)[C@H](c3ccccc3)C2)c1. The maximum absolute atomic E-state index is 12.6. The van der Waals surface area contributed by atoms with E-state index in [1.54, 1.807) is 0 Å². The molecule has 0 spiro atoms. The van der Waals surface area contributed by atoms with Gasteiger partial charge in [-0.15, -0.1) is 0 Å². The number of hydrogen-bond acceptors (Lipinski definition) is 3. The number of benzene rings is 2. The summed E-state index contributed by atoms with van der Waals surface area (Å²) in [6.07, 6.45) is 1.25. The summed E-state index contributed by atoms with van der Waals surface area (Å²) < 4.78 is 5.74. The molecule has 2 atom stereocenters. The molecular formula is C22H28N2O2. The van der Waals surface area contributed by atoms with Crippen molar-refractivity contribution in [3.63, 3.8) is 0 Å². The van der Waals surface area contributed by atoms with Gasteiger partial charge in [0, 0.05) is 25.4 Å². The van der Waals surface area contributed by atoms with Crippen molar-refractivity contribution in [2.24, 2.45) is 11.7 Å². The Bertz CT molecular complexity index is 717. The van der Waals surface area contributed by atoms with E-state index in [1.807, 2.05) is 42.2 Å². The summed E-state index contributed by atoms with van der Waals surface area (Å²) in [5.41, 5.74) is 8.42. The molecule has 138 valence electrons. The molecule has 1 saturated heterocycles. The van der Waals surface area contributed by atoms with Crippen LogP contribution in [0.3, 0.4) is 0 Å². The normalized spacial score (nSPS) is 19.5. The molecule has 4 heteroatoms. The third-order valence-corrected chi connectivity index (χ3v) is 5.12. The predicted octanol–water partition coefficient (Wildman–Crippen LogP) is 3.35. The molecule has 0 radical (unpaired) electrons. The Morgan fingerprint density at radius 1 is 1.15 bits per heavy atom. The minimum absolute atomic E-state index is 0.203. The molecule has 1 amide bonds. The van der Waals surface area contributed by atoms with Crippen molar-refractivity contribution in [1.82, 2.24) is 4.90 Å². The summed E-state index contributed by atoms with van der Waals surface area (Å²) in [7, 11) is 0. The summed E-state index contributed by atoms with van der Waals surface area (Å²) in [5.74, 6) is 1.75. The summed E-state index contributed by atoms with van der Waals surface area (Å²) >= 11 is 0. The highest BCUT2D eigenvalue weighted by Crippen LogP contribution is 2.32. The average Bonchev–Trinajstić information content (AvgIpc) is 3.10. The van der Waals surface area contributed by atoms with Crippen molar-refractivity contribution in [3.8, 4) is 5.75 Å². The van der Waals surface area contributed by atoms with E-state index in [4.69, 9.17) is 10.5 Å². The zero-order chi connectivity index (χ0) is 18.4. The summed E-state index contributed by atoms with van der Waals surface area (Å²) in [6.45, 7) is 4.74. The number of hydrogen-bond donors (Lipinski definition) is 1. The van der Waals surface area contributed by atoms with Crippen LogP contribution in [0.25, 0.3) is 0 Å². The first kappa shape index (κ1) is 18.5. The first-order valence-corrected chi connectivity index (χ1v) is 9.39. The van der Waals surface area contributed by atoms with Gasteiger partial charge in [0.25, 0.3) is 0 Å². The highest BCUT2D eigenvalue weighted by atomic mass is 16.5. The monoisotopic (exact) mass is 352 g/mol. The molecule has 26 heavy (non-hydrogen) atoms. The highest BCUT2D eigenvalue weighted by molar-refractivity contribution is 5.76. The van der Waals surface area contributed by atoms with Gasteiger partial charge in [0.2, 0.25) is 5.91 Å². The van der Waals surface area contributed by atoms with Crippen LogP contribution in [0.4, 0.5) is 0 Å². The van der Waals surface area contributed by atoms with Gasteiger partial charge in [-0.2, -0.15) is 0 Å². The van der Waals surface area contributed by atoms with Crippen molar-refractivity contribution < 1.29 is 9.53 Å². The minimum atomic E-state index is 0.203. The fraction of sp³-hybridized carbons (Fsp3) is 0.409. The Hall–Kier alpha value is -2.33. The van der Waals surface area contributed by atoms with E-state index >= 15 is 0 Å². The maximum atomic E-state index is 12.6. The van der Waals surface area contributed by atoms with Crippen LogP contribution in [-0.2, 0) is 4.79 Å². The van der Waals surface area contributed by atoms with Gasteiger partial charge >= 0.3 is 0 Å². The van der Waals surface area contributed by atoms with Crippen LogP contribution in [0.15, 0.2) is 54.6 Å². The van der Waals surface area contributed by atoms with E-state index in [9.17, 15) is 4.79 Å². The first-order chi connectivity index (χ1) is 12.7. The number of aryl methyl sites for hydroxylation is 1. The third kappa shape index (κ3) is 4.64. The van der Waals surface area contributed by atoms with Gasteiger partial charge in [-0.1, -0.05) is 42.5 Å². The lowest BCUT2D eigenvalue weighted by Crippen LogP contribution is -2.29. The van der Waals surface area contributed by atoms with E-state index in [-0.39, 0.29) is 5.91 Å². The van der Waals surface area contributed by atoms with Crippen LogP contribution >= 0.6 is 0 Å². The quantitative estimate of drug-likeness (QED) is 0.778. The second kappa shape index (κ2) is 8.86. The van der Waals surface area contributed by atoms with Crippen LogP contribution in [0.1, 0.15) is 29.9 Å². The molecular weight excluding hydrogens is 324 g/mol. The van der Waals surface area contributed by atoms with Crippen molar-refractivity contribution in [2.75, 3.05) is 26.2 Å². The van der Waals surface area contributed by atoms with Crippen molar-refractivity contribution in [3.05, 3.63) is 65.7 Å². The van der Waals surface area contributed by atoms with E-state index in [0.29, 0.717) is 31.4 Å². The van der Waals surface area contributed by atoms with E-state index < -0.39 is 0 Å². The molecule has 1 aliphatic rings. The van der Waals surface area contributed by atoms with Crippen LogP contribution in [0, 0.1) is 12.8 Å². The Morgan fingerprint density at radius 3 is 2.69 bits per heavy atom. The van der Waals surface area contributed by atoms with E-state index in [0.717, 1.165) is 25.3 Å². The number of amides is 1. The zero-order valence-corrected chi connectivity index (χ0v) is 15.4. The number of carbonyl (C=O) groups is 1. The molecule has 2 aromatic rings. The van der Waals surface area contributed by atoms with Gasteiger partial charge in [0.05, 0.1) is 6.61 Å². The highest BCUT2D eigenvalue weighted by Gasteiger charge is 2.34. The number of rotatable bonds is 7. The number of ether oxygens (including phenoxy) is 1. The minimum Gasteiger partial charge on any atom is -0.494 e. The predicted molar refractivity (Wildman–Crippen MR) is 104 cm³/mol. The van der Waals surface area contributed by atoms with Crippen molar-refractivity contribution in [2.45, 2.75) is 25.7 Å². The molecule has 0 aromatic heterocycles. The largest absolute Gasteiger partial charge is 0.494 e. The number of nitrogens with two attached hydrogens (primary N) is 1. The lowest BCUT2D eigenvalue weighted by molar-refractivity contribution is -0.130. The molecule has 1 aliphatic heterocycles. The molecule has 0 unspecified atom stereocenters. The fourth-order valence-corrected chi connectivity index (χ4v) is 3.67. The topological polar surface area (TPSA) is 55.6 Å². The second-order valence-electron chi connectivity index (χ2n) is 7.08. The maximum Gasteiger partial charge on any atom is 0.222 e. The van der Waals surface area contributed by atoms with Crippen LogP contribution in [0.2, 0.25) is 0 Å². The smallest absolute Gasteiger partial charge is 0.222 e.